The standard InChI is InChI=1S/C15H19N3O2/c1-2-10-20-13-6-5-12(15(19)18-9-7-16)11-4-3-8-17-14(11)13/h3-6,8H,2,7,9-10,16H2,1H3,(H,18,19). The molecule has 1 amide bonds. The van der Waals surface area contributed by atoms with E-state index in [2.05, 4.69) is 10.3 Å². The summed E-state index contributed by atoms with van der Waals surface area (Å²) in [5.41, 5.74) is 6.70. The number of pyridine rings is 1. The maximum Gasteiger partial charge on any atom is 0.252 e. The van der Waals surface area contributed by atoms with Crippen molar-refractivity contribution in [2.75, 3.05) is 19.7 Å². The van der Waals surface area contributed by atoms with Crippen LogP contribution in [0.4, 0.5) is 0 Å². The molecule has 1 aromatic heterocycles. The van der Waals surface area contributed by atoms with E-state index in [0.717, 1.165) is 11.8 Å². The van der Waals surface area contributed by atoms with Crippen molar-refractivity contribution in [3.05, 3.63) is 36.0 Å². The molecule has 0 aliphatic heterocycles. The second-order valence-electron chi connectivity index (χ2n) is 4.40. The molecule has 0 atom stereocenters. The lowest BCUT2D eigenvalue weighted by Gasteiger charge is -2.11. The Kier molecular flexibility index (Phi) is 4.90. The van der Waals surface area contributed by atoms with Gasteiger partial charge in [0.25, 0.3) is 5.91 Å². The minimum absolute atomic E-state index is 0.143. The van der Waals surface area contributed by atoms with Crippen LogP contribution in [0.2, 0.25) is 0 Å². The van der Waals surface area contributed by atoms with Gasteiger partial charge in [-0.05, 0) is 24.6 Å². The molecule has 0 radical (unpaired) electrons. The van der Waals surface area contributed by atoms with Crippen LogP contribution in [-0.2, 0) is 0 Å². The molecule has 0 unspecified atom stereocenters. The number of nitrogens with zero attached hydrogens (tertiary/aromatic N) is 1. The smallest absolute Gasteiger partial charge is 0.252 e. The minimum atomic E-state index is -0.143. The van der Waals surface area contributed by atoms with E-state index < -0.39 is 0 Å². The molecule has 5 nitrogen and oxygen atoms in total. The fourth-order valence-electron chi connectivity index (χ4n) is 1.95. The predicted molar refractivity (Wildman–Crippen MR) is 78.9 cm³/mol. The molecule has 0 saturated heterocycles. The Hall–Kier alpha value is -2.14. The number of carbonyl (C=O) groups is 1. The number of benzene rings is 1. The molecule has 1 heterocycles. The van der Waals surface area contributed by atoms with Gasteiger partial charge in [0.05, 0.1) is 6.61 Å². The molecule has 3 N–H and O–H groups in total. The Labute approximate surface area is 118 Å². The number of carbonyl (C=O) groups excluding carboxylic acids is 1. The third kappa shape index (κ3) is 3.05. The Balaban J connectivity index is 2.40. The van der Waals surface area contributed by atoms with E-state index in [9.17, 15) is 4.79 Å². The summed E-state index contributed by atoms with van der Waals surface area (Å²) in [7, 11) is 0. The minimum Gasteiger partial charge on any atom is -0.491 e. The highest BCUT2D eigenvalue weighted by atomic mass is 16.5. The summed E-state index contributed by atoms with van der Waals surface area (Å²) < 4.78 is 5.67. The number of fused-ring (bicyclic) bond motifs is 1. The molecule has 0 bridgehead atoms. The normalized spacial score (nSPS) is 10.5. The van der Waals surface area contributed by atoms with Crippen LogP contribution < -0.4 is 15.8 Å². The summed E-state index contributed by atoms with van der Waals surface area (Å²) in [4.78, 5) is 16.4. The van der Waals surface area contributed by atoms with Gasteiger partial charge in [0.2, 0.25) is 0 Å². The van der Waals surface area contributed by atoms with E-state index in [1.54, 1.807) is 18.3 Å². The van der Waals surface area contributed by atoms with Crippen molar-refractivity contribution in [1.29, 1.82) is 0 Å². The quantitative estimate of drug-likeness (QED) is 0.840. The van der Waals surface area contributed by atoms with Gasteiger partial charge in [-0.25, -0.2) is 0 Å². The average Bonchev–Trinajstić information content (AvgIpc) is 2.50. The highest BCUT2D eigenvalue weighted by molar-refractivity contribution is 6.07. The molecule has 0 aliphatic carbocycles. The van der Waals surface area contributed by atoms with Crippen LogP contribution in [-0.4, -0.2) is 30.6 Å². The largest absolute Gasteiger partial charge is 0.491 e. The number of amides is 1. The van der Waals surface area contributed by atoms with E-state index in [1.807, 2.05) is 19.1 Å². The lowest BCUT2D eigenvalue weighted by atomic mass is 10.1. The maximum atomic E-state index is 12.1. The zero-order valence-electron chi connectivity index (χ0n) is 11.6. The second kappa shape index (κ2) is 6.86. The summed E-state index contributed by atoms with van der Waals surface area (Å²) in [5.74, 6) is 0.563. The SMILES string of the molecule is CCCOc1ccc(C(=O)NCCN)c2cccnc12. The fourth-order valence-corrected chi connectivity index (χ4v) is 1.95. The van der Waals surface area contributed by atoms with E-state index in [1.165, 1.54) is 0 Å². The first-order chi connectivity index (χ1) is 9.77. The van der Waals surface area contributed by atoms with Crippen LogP contribution in [0.5, 0.6) is 5.75 Å². The number of hydrogen-bond acceptors (Lipinski definition) is 4. The van der Waals surface area contributed by atoms with Gasteiger partial charge in [-0.15, -0.1) is 0 Å². The van der Waals surface area contributed by atoms with E-state index >= 15 is 0 Å². The van der Waals surface area contributed by atoms with Gasteiger partial charge in [-0.3, -0.25) is 9.78 Å². The van der Waals surface area contributed by atoms with Crippen molar-refractivity contribution >= 4 is 16.8 Å². The van der Waals surface area contributed by atoms with Crippen LogP contribution in [0.15, 0.2) is 30.5 Å². The molecule has 0 saturated carbocycles. The van der Waals surface area contributed by atoms with Gasteiger partial charge in [-0.1, -0.05) is 13.0 Å². The predicted octanol–water partition coefficient (Wildman–Crippen LogP) is 1.71. The summed E-state index contributed by atoms with van der Waals surface area (Å²) >= 11 is 0. The fraction of sp³-hybridized carbons (Fsp3) is 0.333. The second-order valence-corrected chi connectivity index (χ2v) is 4.40. The Morgan fingerprint density at radius 2 is 2.25 bits per heavy atom. The molecule has 0 fully saturated rings. The number of hydrogen-bond donors (Lipinski definition) is 2. The highest BCUT2D eigenvalue weighted by Gasteiger charge is 2.13. The Morgan fingerprint density at radius 3 is 3.00 bits per heavy atom. The molecular formula is C15H19N3O2. The van der Waals surface area contributed by atoms with Gasteiger partial charge in [0, 0.05) is 30.2 Å². The van der Waals surface area contributed by atoms with Crippen molar-refractivity contribution < 1.29 is 9.53 Å². The number of nitrogens with one attached hydrogen (secondary N) is 1. The van der Waals surface area contributed by atoms with Crippen molar-refractivity contribution in [2.24, 2.45) is 5.73 Å². The first-order valence-electron chi connectivity index (χ1n) is 6.76. The molecule has 1 aromatic carbocycles. The van der Waals surface area contributed by atoms with E-state index in [-0.39, 0.29) is 5.91 Å². The van der Waals surface area contributed by atoms with Gasteiger partial charge in [-0.2, -0.15) is 0 Å². The van der Waals surface area contributed by atoms with Gasteiger partial charge in [0.1, 0.15) is 11.3 Å². The Morgan fingerprint density at radius 1 is 1.40 bits per heavy atom. The van der Waals surface area contributed by atoms with Crippen molar-refractivity contribution in [3.63, 3.8) is 0 Å². The topological polar surface area (TPSA) is 77.2 Å². The third-order valence-electron chi connectivity index (χ3n) is 2.87. The molecule has 2 rings (SSSR count). The van der Waals surface area contributed by atoms with Crippen molar-refractivity contribution in [3.8, 4) is 5.75 Å². The average molecular weight is 273 g/mol. The first-order valence-corrected chi connectivity index (χ1v) is 6.76. The summed E-state index contributed by atoms with van der Waals surface area (Å²) in [6.45, 7) is 3.54. The van der Waals surface area contributed by atoms with Crippen LogP contribution in [0.1, 0.15) is 23.7 Å². The monoisotopic (exact) mass is 273 g/mol. The molecule has 5 heteroatoms. The zero-order valence-corrected chi connectivity index (χ0v) is 11.6. The zero-order chi connectivity index (χ0) is 14.4. The third-order valence-corrected chi connectivity index (χ3v) is 2.87. The maximum absolute atomic E-state index is 12.1. The van der Waals surface area contributed by atoms with Crippen LogP contribution in [0.25, 0.3) is 10.9 Å². The van der Waals surface area contributed by atoms with Crippen molar-refractivity contribution in [2.45, 2.75) is 13.3 Å². The lowest BCUT2D eigenvalue weighted by molar-refractivity contribution is 0.0956. The van der Waals surface area contributed by atoms with Crippen LogP contribution >= 0.6 is 0 Å². The lowest BCUT2D eigenvalue weighted by Crippen LogP contribution is -2.29. The number of aromatic nitrogens is 1. The summed E-state index contributed by atoms with van der Waals surface area (Å²) in [5, 5.41) is 3.56. The van der Waals surface area contributed by atoms with E-state index in [0.29, 0.717) is 36.5 Å². The number of rotatable bonds is 6. The molecule has 0 aliphatic rings. The molecule has 0 spiro atoms. The highest BCUT2D eigenvalue weighted by Crippen LogP contribution is 2.26. The van der Waals surface area contributed by atoms with Crippen LogP contribution in [0.3, 0.4) is 0 Å². The molecular weight excluding hydrogens is 254 g/mol. The summed E-state index contributed by atoms with van der Waals surface area (Å²) in [6.07, 6.45) is 2.62. The first kappa shape index (κ1) is 14.3. The van der Waals surface area contributed by atoms with E-state index in [4.69, 9.17) is 10.5 Å². The molecule has 20 heavy (non-hydrogen) atoms. The number of nitrogens with two attached hydrogens (primary N) is 1. The number of ether oxygens (including phenoxy) is 1. The van der Waals surface area contributed by atoms with Crippen LogP contribution in [0, 0.1) is 0 Å². The Bertz CT molecular complexity index is 599. The molecule has 2 aromatic rings. The van der Waals surface area contributed by atoms with Gasteiger partial charge in [0.15, 0.2) is 0 Å². The summed E-state index contributed by atoms with van der Waals surface area (Å²) in [6, 6.07) is 7.24. The van der Waals surface area contributed by atoms with Gasteiger partial charge < -0.3 is 15.8 Å². The van der Waals surface area contributed by atoms with Gasteiger partial charge >= 0.3 is 0 Å². The molecule has 106 valence electrons. The van der Waals surface area contributed by atoms with Crippen molar-refractivity contribution in [1.82, 2.24) is 10.3 Å².